The summed E-state index contributed by atoms with van der Waals surface area (Å²) in [4.78, 5) is 28.0. The molecule has 0 fully saturated rings. The van der Waals surface area contributed by atoms with Gasteiger partial charge in [0, 0.05) is 5.39 Å². The zero-order valence-corrected chi connectivity index (χ0v) is 15.3. The third-order valence-corrected chi connectivity index (χ3v) is 4.79. The summed E-state index contributed by atoms with van der Waals surface area (Å²) < 4.78 is 0. The van der Waals surface area contributed by atoms with Gasteiger partial charge < -0.3 is 10.3 Å². The number of aromatic amines is 1. The maximum absolute atomic E-state index is 12.9. The van der Waals surface area contributed by atoms with Gasteiger partial charge in [-0.15, -0.1) is 0 Å². The van der Waals surface area contributed by atoms with Crippen molar-refractivity contribution in [2.24, 2.45) is 0 Å². The number of nitrogens with one attached hydrogen (secondary N) is 2. The second-order valence-electron chi connectivity index (χ2n) is 6.73. The van der Waals surface area contributed by atoms with Crippen LogP contribution in [0.4, 0.5) is 0 Å². The molecule has 0 aliphatic carbocycles. The van der Waals surface area contributed by atoms with Gasteiger partial charge in [0.25, 0.3) is 11.5 Å². The second-order valence-corrected chi connectivity index (χ2v) is 6.73. The lowest BCUT2D eigenvalue weighted by atomic mass is 9.98. The van der Waals surface area contributed by atoms with Crippen molar-refractivity contribution in [2.75, 3.05) is 0 Å². The molecule has 28 heavy (non-hydrogen) atoms. The molecule has 4 aromatic rings. The Labute approximate surface area is 162 Å². The third-order valence-electron chi connectivity index (χ3n) is 4.79. The number of aromatic nitrogens is 1. The van der Waals surface area contributed by atoms with Crippen LogP contribution in [0, 0.1) is 0 Å². The second kappa shape index (κ2) is 7.92. The number of fused-ring (bicyclic) bond motifs is 1. The molecule has 1 amide bonds. The van der Waals surface area contributed by atoms with Crippen molar-refractivity contribution in [3.63, 3.8) is 0 Å². The summed E-state index contributed by atoms with van der Waals surface area (Å²) in [6, 6.07) is 28.6. The number of carbonyl (C=O) groups is 1. The van der Waals surface area contributed by atoms with Crippen molar-refractivity contribution in [1.82, 2.24) is 10.3 Å². The maximum atomic E-state index is 12.9. The summed E-state index contributed by atoms with van der Waals surface area (Å²) in [5, 5.41) is 4.40. The van der Waals surface area contributed by atoms with Crippen LogP contribution in [-0.4, -0.2) is 10.9 Å². The van der Waals surface area contributed by atoms with Crippen LogP contribution in [0.25, 0.3) is 10.8 Å². The van der Waals surface area contributed by atoms with Gasteiger partial charge in [-0.05, 0) is 35.1 Å². The van der Waals surface area contributed by atoms with Crippen LogP contribution in [0.1, 0.15) is 27.7 Å². The lowest BCUT2D eigenvalue weighted by Gasteiger charge is -2.19. The molecule has 0 saturated carbocycles. The largest absolute Gasteiger partial charge is 0.344 e. The van der Waals surface area contributed by atoms with Crippen LogP contribution >= 0.6 is 0 Å². The number of carbonyl (C=O) groups excluding carboxylic acids is 1. The van der Waals surface area contributed by atoms with Crippen molar-refractivity contribution in [2.45, 2.75) is 12.5 Å². The Kier molecular flexibility index (Phi) is 5.02. The van der Waals surface area contributed by atoms with E-state index >= 15 is 0 Å². The first-order chi connectivity index (χ1) is 13.7. The Hall–Kier alpha value is -3.66. The van der Waals surface area contributed by atoms with Gasteiger partial charge in [-0.25, -0.2) is 0 Å². The first-order valence-electron chi connectivity index (χ1n) is 9.22. The average molecular weight is 368 g/mol. The molecule has 1 unspecified atom stereocenters. The minimum atomic E-state index is -0.298. The highest BCUT2D eigenvalue weighted by Gasteiger charge is 2.17. The molecule has 4 heteroatoms. The summed E-state index contributed by atoms with van der Waals surface area (Å²) in [5.41, 5.74) is 2.15. The molecule has 138 valence electrons. The molecular weight excluding hydrogens is 348 g/mol. The monoisotopic (exact) mass is 368 g/mol. The van der Waals surface area contributed by atoms with Crippen molar-refractivity contribution >= 4 is 16.7 Å². The minimum Gasteiger partial charge on any atom is -0.344 e. The Bertz CT molecular complexity index is 1150. The SMILES string of the molecule is O=C(NC(Cc1ccccc1)c1ccccc1)c1cc2ccccc2c(=O)[nH]1. The molecule has 4 rings (SSSR count). The summed E-state index contributed by atoms with van der Waals surface area (Å²) in [5.74, 6) is -0.298. The molecule has 0 spiro atoms. The number of benzene rings is 3. The van der Waals surface area contributed by atoms with Crippen LogP contribution in [-0.2, 0) is 6.42 Å². The fraction of sp³-hybridized carbons (Fsp3) is 0.0833. The standard InChI is InChI=1S/C24H20N2O2/c27-23-20-14-8-7-13-19(20)16-22(26-23)24(28)25-21(18-11-5-2-6-12-18)15-17-9-3-1-4-10-17/h1-14,16,21H,15H2,(H,25,28)(H,26,27). The van der Waals surface area contributed by atoms with Gasteiger partial charge in [0.2, 0.25) is 0 Å². The summed E-state index contributed by atoms with van der Waals surface area (Å²) in [7, 11) is 0. The van der Waals surface area contributed by atoms with Crippen molar-refractivity contribution < 1.29 is 4.79 Å². The van der Waals surface area contributed by atoms with Crippen molar-refractivity contribution in [3.05, 3.63) is 118 Å². The number of H-pyrrole nitrogens is 1. The molecule has 0 saturated heterocycles. The Balaban J connectivity index is 1.64. The van der Waals surface area contributed by atoms with Gasteiger partial charge in [-0.3, -0.25) is 9.59 Å². The fourth-order valence-electron chi connectivity index (χ4n) is 3.36. The van der Waals surface area contributed by atoms with Crippen LogP contribution in [0.3, 0.4) is 0 Å². The molecule has 1 atom stereocenters. The molecule has 3 aromatic carbocycles. The quantitative estimate of drug-likeness (QED) is 0.553. The van der Waals surface area contributed by atoms with E-state index in [1.54, 1.807) is 12.1 Å². The molecule has 0 radical (unpaired) electrons. The van der Waals surface area contributed by atoms with Gasteiger partial charge in [0.15, 0.2) is 0 Å². The highest BCUT2D eigenvalue weighted by atomic mass is 16.2. The van der Waals surface area contributed by atoms with E-state index in [9.17, 15) is 9.59 Å². The molecule has 0 aliphatic heterocycles. The van der Waals surface area contributed by atoms with E-state index in [1.807, 2.05) is 78.9 Å². The van der Waals surface area contributed by atoms with Crippen molar-refractivity contribution in [3.8, 4) is 0 Å². The molecule has 4 nitrogen and oxygen atoms in total. The molecule has 2 N–H and O–H groups in total. The van der Waals surface area contributed by atoms with Gasteiger partial charge in [0.1, 0.15) is 5.69 Å². The lowest BCUT2D eigenvalue weighted by Crippen LogP contribution is -2.31. The number of hydrogen-bond acceptors (Lipinski definition) is 2. The molecule has 0 bridgehead atoms. The van der Waals surface area contributed by atoms with Gasteiger partial charge in [0.05, 0.1) is 6.04 Å². The summed E-state index contributed by atoms with van der Waals surface area (Å²) in [6.45, 7) is 0. The number of rotatable bonds is 5. The zero-order valence-electron chi connectivity index (χ0n) is 15.3. The van der Waals surface area contributed by atoms with Crippen LogP contribution in [0.2, 0.25) is 0 Å². The Morgan fingerprint density at radius 3 is 2.25 bits per heavy atom. The smallest absolute Gasteiger partial charge is 0.268 e. The summed E-state index contributed by atoms with van der Waals surface area (Å²) in [6.07, 6.45) is 0.661. The highest BCUT2D eigenvalue weighted by molar-refractivity contribution is 5.96. The van der Waals surface area contributed by atoms with E-state index < -0.39 is 0 Å². The van der Waals surface area contributed by atoms with Crippen LogP contribution in [0.5, 0.6) is 0 Å². The van der Waals surface area contributed by atoms with E-state index in [4.69, 9.17) is 0 Å². The molecule has 0 aliphatic rings. The number of pyridine rings is 1. The first-order valence-corrected chi connectivity index (χ1v) is 9.22. The average Bonchev–Trinajstić information content (AvgIpc) is 2.74. The predicted octanol–water partition coefficient (Wildman–Crippen LogP) is 4.24. The molecular formula is C24H20N2O2. The van der Waals surface area contributed by atoms with Gasteiger partial charge >= 0.3 is 0 Å². The zero-order chi connectivity index (χ0) is 19.3. The van der Waals surface area contributed by atoms with E-state index in [2.05, 4.69) is 10.3 Å². The molecule has 1 aromatic heterocycles. The topological polar surface area (TPSA) is 62.0 Å². The van der Waals surface area contributed by atoms with Crippen LogP contribution in [0.15, 0.2) is 95.8 Å². The van der Waals surface area contributed by atoms with E-state index in [-0.39, 0.29) is 23.2 Å². The van der Waals surface area contributed by atoms with E-state index in [0.29, 0.717) is 11.8 Å². The lowest BCUT2D eigenvalue weighted by molar-refractivity contribution is 0.0931. The minimum absolute atomic E-state index is 0.203. The van der Waals surface area contributed by atoms with E-state index in [1.165, 1.54) is 0 Å². The normalized spacial score (nSPS) is 11.9. The van der Waals surface area contributed by atoms with Gasteiger partial charge in [-0.1, -0.05) is 78.9 Å². The number of hydrogen-bond donors (Lipinski definition) is 2. The van der Waals surface area contributed by atoms with Gasteiger partial charge in [-0.2, -0.15) is 0 Å². The first kappa shape index (κ1) is 17.7. The third kappa shape index (κ3) is 3.86. The highest BCUT2D eigenvalue weighted by Crippen LogP contribution is 2.19. The van der Waals surface area contributed by atoms with E-state index in [0.717, 1.165) is 16.5 Å². The predicted molar refractivity (Wildman–Crippen MR) is 111 cm³/mol. The van der Waals surface area contributed by atoms with Crippen molar-refractivity contribution in [1.29, 1.82) is 0 Å². The Morgan fingerprint density at radius 1 is 0.857 bits per heavy atom. The summed E-state index contributed by atoms with van der Waals surface area (Å²) >= 11 is 0. The number of amides is 1. The van der Waals surface area contributed by atoms with Crippen LogP contribution < -0.4 is 10.9 Å². The fourth-order valence-corrected chi connectivity index (χ4v) is 3.36. The maximum Gasteiger partial charge on any atom is 0.268 e. The molecule has 1 heterocycles. The Morgan fingerprint density at radius 2 is 1.50 bits per heavy atom.